The Kier molecular flexibility index (Phi) is 17.3. The van der Waals surface area contributed by atoms with Crippen LogP contribution in [0.2, 0.25) is 0 Å². The van der Waals surface area contributed by atoms with Crippen LogP contribution in [0.25, 0.3) is 0 Å². The lowest BCUT2D eigenvalue weighted by molar-refractivity contribution is -0.457. The molecule has 6 atom stereocenters. The Hall–Kier alpha value is -2.24. The summed E-state index contributed by atoms with van der Waals surface area (Å²) in [6.45, 7) is 0.728. The van der Waals surface area contributed by atoms with Gasteiger partial charge in [0.05, 0.1) is 6.61 Å². The summed E-state index contributed by atoms with van der Waals surface area (Å²) < 4.78 is 183. The lowest BCUT2D eigenvalue weighted by Gasteiger charge is -2.48. The Balaban J connectivity index is 1.68. The van der Waals surface area contributed by atoms with Gasteiger partial charge in [-0.15, -0.1) is 0 Å². The molecule has 1 unspecified atom stereocenters. The normalized spacial score (nSPS) is 24.3. The largest absolute Gasteiger partial charge is 0.460 e. The van der Waals surface area contributed by atoms with E-state index in [1.807, 2.05) is 0 Å². The molecule has 1 aromatic carbocycles. The number of unbranched alkanes of at least 4 members (excludes halogenated alkanes) is 7. The van der Waals surface area contributed by atoms with Crippen LogP contribution in [0.5, 0.6) is 0 Å². The summed E-state index contributed by atoms with van der Waals surface area (Å²) in [4.78, 5) is 11.2. The van der Waals surface area contributed by atoms with Crippen molar-refractivity contribution in [1.29, 1.82) is 0 Å². The van der Waals surface area contributed by atoms with Crippen LogP contribution in [0, 0.1) is 0 Å². The minimum atomic E-state index is -7.06. The number of amides is 1. The zero-order chi connectivity index (χ0) is 40.2. The summed E-state index contributed by atoms with van der Waals surface area (Å²) in [6, 6.07) is 8.18. The Morgan fingerprint density at radius 2 is 1.48 bits per heavy atom. The molecule has 0 bridgehead atoms. The minimum Gasteiger partial charge on any atom is -0.359 e. The lowest BCUT2D eigenvalue weighted by Crippen LogP contribution is -2.65. The van der Waals surface area contributed by atoms with Crippen LogP contribution in [0.3, 0.4) is 0 Å². The van der Waals surface area contributed by atoms with E-state index >= 15 is 8.78 Å². The van der Waals surface area contributed by atoms with E-state index in [0.29, 0.717) is 37.7 Å². The monoisotopic (exact) mass is 817 g/mol. The molecule has 0 spiro atoms. The van der Waals surface area contributed by atoms with Gasteiger partial charge in [0.2, 0.25) is 5.91 Å². The molecule has 12 nitrogen and oxygen atoms in total. The van der Waals surface area contributed by atoms with E-state index in [2.05, 4.69) is 14.2 Å². The molecular formula is C33H47F8NO11S. The van der Waals surface area contributed by atoms with Crippen molar-refractivity contribution in [2.75, 3.05) is 34.2 Å². The van der Waals surface area contributed by atoms with E-state index in [9.17, 15) is 39.6 Å². The molecule has 0 aliphatic carbocycles. The molecule has 312 valence electrons. The highest BCUT2D eigenvalue weighted by atomic mass is 32.2. The van der Waals surface area contributed by atoms with Crippen LogP contribution in [-0.2, 0) is 52.3 Å². The summed E-state index contributed by atoms with van der Waals surface area (Å²) in [7, 11) is -4.63. The Bertz CT molecular complexity index is 1400. The quantitative estimate of drug-likeness (QED) is 0.0520. The topological polar surface area (TPSA) is 137 Å². The minimum absolute atomic E-state index is 0.0286. The summed E-state index contributed by atoms with van der Waals surface area (Å²) in [5, 5.41) is -4.20. The first-order chi connectivity index (χ1) is 25.3. The molecule has 1 N–H and O–H groups in total. The molecule has 2 aliphatic rings. The number of nitrogens with one attached hydrogen (secondary N) is 1. The van der Waals surface area contributed by atoms with Crippen LogP contribution in [-0.4, -0.2) is 103 Å². The van der Waals surface area contributed by atoms with Crippen molar-refractivity contribution in [2.45, 2.75) is 132 Å². The molecule has 1 aromatic rings. The lowest BCUT2D eigenvalue weighted by atomic mass is 9.97. The van der Waals surface area contributed by atoms with Crippen molar-refractivity contribution in [3.63, 3.8) is 0 Å². The number of ether oxygens (including phenoxy) is 7. The van der Waals surface area contributed by atoms with Gasteiger partial charge in [-0.05, 0) is 19.8 Å². The smallest absolute Gasteiger partial charge is 0.359 e. The predicted molar refractivity (Wildman–Crippen MR) is 172 cm³/mol. The maximum atomic E-state index is 15.1. The molecule has 2 saturated heterocycles. The van der Waals surface area contributed by atoms with Crippen LogP contribution < -0.4 is 5.32 Å². The van der Waals surface area contributed by atoms with E-state index < -0.39 is 90.1 Å². The highest BCUT2D eigenvalue weighted by molar-refractivity contribution is 7.87. The van der Waals surface area contributed by atoms with Gasteiger partial charge in [-0.2, -0.15) is 43.5 Å². The van der Waals surface area contributed by atoms with Crippen LogP contribution in [0.15, 0.2) is 30.3 Å². The first kappa shape index (κ1) is 46.1. The van der Waals surface area contributed by atoms with E-state index in [0.717, 1.165) is 20.0 Å². The zero-order valence-corrected chi connectivity index (χ0v) is 30.8. The maximum absolute atomic E-state index is 15.1. The number of hydrogen-bond donors (Lipinski definition) is 1. The van der Waals surface area contributed by atoms with Crippen LogP contribution >= 0.6 is 0 Å². The second-order valence-electron chi connectivity index (χ2n) is 12.6. The van der Waals surface area contributed by atoms with E-state index in [1.54, 1.807) is 37.3 Å². The first-order valence-electron chi connectivity index (χ1n) is 17.4. The standard InChI is InChI=1S/C33H47F8NO11S/c1-4-47-21-49-26-25-23(20-48-28(51-25)22-16-12-11-13-17-22)50-29(46-3)27(26)52-54(44,45)33(40,41)32(38,39)53-31(36,37)30(34,35)19-15-10-8-6-5-7-9-14-18-24(43)42-2/h11-13,16-17,23,25-29H,4-10,14-15,18-21H2,1-3H3,(H,42,43)/t23-,25-,26+,27+,28?,29-/m1/s1. The third-order valence-corrected chi connectivity index (χ3v) is 9.97. The van der Waals surface area contributed by atoms with Crippen molar-refractivity contribution in [1.82, 2.24) is 5.32 Å². The zero-order valence-electron chi connectivity index (χ0n) is 30.0. The number of carbonyl (C=O) groups is 1. The average Bonchev–Trinajstić information content (AvgIpc) is 3.12. The van der Waals surface area contributed by atoms with Crippen molar-refractivity contribution in [3.8, 4) is 0 Å². The van der Waals surface area contributed by atoms with Gasteiger partial charge >= 0.3 is 33.5 Å². The number of alkyl halides is 8. The number of rotatable bonds is 24. The van der Waals surface area contributed by atoms with Gasteiger partial charge < -0.3 is 33.7 Å². The maximum Gasteiger partial charge on any atom is 0.460 e. The fourth-order valence-corrected chi connectivity index (χ4v) is 6.58. The van der Waals surface area contributed by atoms with Gasteiger partial charge in [-0.3, -0.25) is 8.98 Å². The number of benzene rings is 1. The first-order valence-corrected chi connectivity index (χ1v) is 18.8. The van der Waals surface area contributed by atoms with E-state index in [4.69, 9.17) is 28.4 Å². The van der Waals surface area contributed by atoms with Gasteiger partial charge in [-0.25, -0.2) is 4.74 Å². The molecule has 2 heterocycles. The molecule has 54 heavy (non-hydrogen) atoms. The molecule has 0 saturated carbocycles. The fourth-order valence-electron chi connectivity index (χ4n) is 5.63. The molecule has 3 rings (SSSR count). The average molecular weight is 818 g/mol. The summed E-state index contributed by atoms with van der Waals surface area (Å²) in [6.07, 6.45) is -21.2. The molecule has 0 radical (unpaired) electrons. The SMILES string of the molecule is CCOCO[C@@H]1[C@H](OS(=O)(=O)C(F)(F)C(F)(F)OC(F)(F)C(F)(F)CCCCCCCCCCC(=O)NC)[C@H](OC)O[C@@H]2COC(c3ccccc3)O[C@@H]12. The van der Waals surface area contributed by atoms with Crippen molar-refractivity contribution < 1.29 is 85.7 Å². The fraction of sp³-hybridized carbons (Fsp3) is 0.788. The molecule has 0 aromatic heterocycles. The third-order valence-electron chi connectivity index (χ3n) is 8.63. The third kappa shape index (κ3) is 11.9. The van der Waals surface area contributed by atoms with Crippen LogP contribution in [0.1, 0.15) is 83.0 Å². The molecule has 1 amide bonds. The Morgan fingerprint density at radius 1 is 0.870 bits per heavy atom. The van der Waals surface area contributed by atoms with E-state index in [-0.39, 0.29) is 25.5 Å². The summed E-state index contributed by atoms with van der Waals surface area (Å²) in [5.41, 5.74) is 0.460. The molecule has 2 fully saturated rings. The highest BCUT2D eigenvalue weighted by Gasteiger charge is 2.75. The number of halogens is 8. The second-order valence-corrected chi connectivity index (χ2v) is 14.2. The number of fused-ring (bicyclic) bond motifs is 1. The van der Waals surface area contributed by atoms with Gasteiger partial charge in [0.25, 0.3) is 0 Å². The number of hydrogen-bond acceptors (Lipinski definition) is 11. The second kappa shape index (κ2) is 20.3. The van der Waals surface area contributed by atoms with Gasteiger partial charge in [0.15, 0.2) is 18.7 Å². The molecule has 2 aliphatic heterocycles. The number of methoxy groups -OCH3 is 1. The van der Waals surface area contributed by atoms with E-state index in [1.165, 1.54) is 7.05 Å². The van der Waals surface area contributed by atoms with Crippen LogP contribution in [0.4, 0.5) is 35.1 Å². The summed E-state index contributed by atoms with van der Waals surface area (Å²) >= 11 is 0. The predicted octanol–water partition coefficient (Wildman–Crippen LogP) is 6.64. The Morgan fingerprint density at radius 3 is 2.07 bits per heavy atom. The van der Waals surface area contributed by atoms with Gasteiger partial charge in [0, 0.05) is 39.2 Å². The summed E-state index contributed by atoms with van der Waals surface area (Å²) in [5.74, 6) is -5.51. The van der Waals surface area contributed by atoms with Crippen molar-refractivity contribution in [3.05, 3.63) is 35.9 Å². The van der Waals surface area contributed by atoms with Gasteiger partial charge in [-0.1, -0.05) is 68.9 Å². The Labute approximate surface area is 308 Å². The van der Waals surface area contributed by atoms with Crippen molar-refractivity contribution >= 4 is 16.0 Å². The highest BCUT2D eigenvalue weighted by Crippen LogP contribution is 2.49. The van der Waals surface area contributed by atoms with Gasteiger partial charge in [0.1, 0.15) is 25.1 Å². The molecular weight excluding hydrogens is 770 g/mol. The van der Waals surface area contributed by atoms with Crippen molar-refractivity contribution in [2.24, 2.45) is 0 Å². The molecule has 21 heteroatoms. The number of carbonyl (C=O) groups excluding carboxylic acids is 1.